The summed E-state index contributed by atoms with van der Waals surface area (Å²) < 4.78 is 0. The first-order chi connectivity index (χ1) is 8.79. The fraction of sp³-hybridized carbons (Fsp3) is 0.643. The maximum atomic E-state index is 9.44. The molecule has 18 heavy (non-hydrogen) atoms. The normalized spacial score (nSPS) is 28.4. The Kier molecular flexibility index (Phi) is 3.22. The van der Waals surface area contributed by atoms with Crippen molar-refractivity contribution >= 4 is 5.69 Å². The van der Waals surface area contributed by atoms with Gasteiger partial charge in [0.15, 0.2) is 0 Å². The quantitative estimate of drug-likeness (QED) is 0.853. The largest absolute Gasteiger partial charge is 0.392 e. The van der Waals surface area contributed by atoms with Crippen molar-refractivity contribution in [3.63, 3.8) is 0 Å². The van der Waals surface area contributed by atoms with Gasteiger partial charge in [0.25, 0.3) is 0 Å². The third kappa shape index (κ3) is 1.99. The van der Waals surface area contributed by atoms with Gasteiger partial charge in [-0.3, -0.25) is 9.88 Å². The minimum Gasteiger partial charge on any atom is -0.392 e. The van der Waals surface area contributed by atoms with Gasteiger partial charge in [0, 0.05) is 36.9 Å². The average molecular weight is 247 g/mol. The molecule has 0 saturated carbocycles. The fourth-order valence-electron chi connectivity index (χ4n) is 3.36. The molecule has 1 aromatic rings. The van der Waals surface area contributed by atoms with Crippen molar-refractivity contribution in [2.45, 2.75) is 38.0 Å². The molecular weight excluding hydrogens is 226 g/mol. The summed E-state index contributed by atoms with van der Waals surface area (Å²) in [5.41, 5.74) is 2.10. The highest BCUT2D eigenvalue weighted by Gasteiger charge is 2.34. The van der Waals surface area contributed by atoms with E-state index in [-0.39, 0.29) is 6.61 Å². The second kappa shape index (κ2) is 4.86. The lowest BCUT2D eigenvalue weighted by Gasteiger charge is -2.28. The molecule has 2 atom stereocenters. The summed E-state index contributed by atoms with van der Waals surface area (Å²) in [7, 11) is 2.25. The van der Waals surface area contributed by atoms with E-state index in [1.165, 1.54) is 19.3 Å². The molecule has 1 aromatic heterocycles. The Morgan fingerprint density at radius 1 is 1.33 bits per heavy atom. The van der Waals surface area contributed by atoms with Gasteiger partial charge in [-0.05, 0) is 32.4 Å². The van der Waals surface area contributed by atoms with Crippen molar-refractivity contribution in [3.05, 3.63) is 24.0 Å². The number of hydrogen-bond acceptors (Lipinski definition) is 4. The molecular formula is C14H21N3O. The van der Waals surface area contributed by atoms with Crippen molar-refractivity contribution in [1.82, 2.24) is 9.88 Å². The lowest BCUT2D eigenvalue weighted by molar-refractivity contribution is 0.254. The Hall–Kier alpha value is -1.13. The average Bonchev–Trinajstić information content (AvgIpc) is 2.63. The van der Waals surface area contributed by atoms with Crippen LogP contribution in [0.5, 0.6) is 0 Å². The van der Waals surface area contributed by atoms with Gasteiger partial charge < -0.3 is 10.0 Å². The van der Waals surface area contributed by atoms with Crippen LogP contribution < -0.4 is 4.90 Å². The second-order valence-electron chi connectivity index (χ2n) is 5.45. The van der Waals surface area contributed by atoms with Gasteiger partial charge in [-0.15, -0.1) is 0 Å². The van der Waals surface area contributed by atoms with E-state index in [0.29, 0.717) is 6.04 Å². The van der Waals surface area contributed by atoms with Gasteiger partial charge in [-0.25, -0.2) is 0 Å². The Labute approximate surface area is 108 Å². The zero-order valence-corrected chi connectivity index (χ0v) is 10.9. The Balaban J connectivity index is 1.84. The van der Waals surface area contributed by atoms with Crippen LogP contribution >= 0.6 is 0 Å². The summed E-state index contributed by atoms with van der Waals surface area (Å²) in [5, 5.41) is 9.44. The van der Waals surface area contributed by atoms with E-state index in [0.717, 1.165) is 30.4 Å². The van der Waals surface area contributed by atoms with Crippen LogP contribution in [0.15, 0.2) is 18.5 Å². The van der Waals surface area contributed by atoms with Crippen LogP contribution in [-0.2, 0) is 6.61 Å². The number of anilines is 1. The number of likely N-dealkylation sites (N-methyl/N-ethyl adjacent to an activating group) is 1. The molecule has 2 fully saturated rings. The first-order valence-electron chi connectivity index (χ1n) is 6.80. The first-order valence-corrected chi connectivity index (χ1v) is 6.80. The maximum absolute atomic E-state index is 9.44. The molecule has 0 amide bonds. The van der Waals surface area contributed by atoms with E-state index >= 15 is 0 Å². The molecule has 0 spiro atoms. The zero-order chi connectivity index (χ0) is 12.5. The topological polar surface area (TPSA) is 39.6 Å². The van der Waals surface area contributed by atoms with Crippen LogP contribution in [0.4, 0.5) is 5.69 Å². The predicted molar refractivity (Wildman–Crippen MR) is 71.6 cm³/mol. The van der Waals surface area contributed by atoms with E-state index in [9.17, 15) is 5.11 Å². The number of aliphatic hydroxyl groups is 1. The molecule has 4 heteroatoms. The summed E-state index contributed by atoms with van der Waals surface area (Å²) in [5.74, 6) is 0. The van der Waals surface area contributed by atoms with Crippen molar-refractivity contribution in [1.29, 1.82) is 0 Å². The van der Waals surface area contributed by atoms with Gasteiger partial charge in [-0.2, -0.15) is 0 Å². The van der Waals surface area contributed by atoms with E-state index in [1.807, 2.05) is 12.3 Å². The van der Waals surface area contributed by atoms with Crippen LogP contribution in [0, 0.1) is 0 Å². The Morgan fingerprint density at radius 3 is 3.00 bits per heavy atom. The van der Waals surface area contributed by atoms with Crippen molar-refractivity contribution in [2.24, 2.45) is 0 Å². The fourth-order valence-corrected chi connectivity index (χ4v) is 3.36. The van der Waals surface area contributed by atoms with Crippen molar-refractivity contribution in [3.8, 4) is 0 Å². The SMILES string of the molecule is CN1C2CCC1CN(c1cnccc1CO)CC2. The number of aliphatic hydroxyl groups excluding tert-OH is 1. The van der Waals surface area contributed by atoms with E-state index < -0.39 is 0 Å². The summed E-state index contributed by atoms with van der Waals surface area (Å²) >= 11 is 0. The third-order valence-electron chi connectivity index (χ3n) is 4.55. The predicted octanol–water partition coefficient (Wildman–Crippen LogP) is 1.25. The number of nitrogens with zero attached hydrogens (tertiary/aromatic N) is 3. The number of aromatic nitrogens is 1. The lowest BCUT2D eigenvalue weighted by Crippen LogP contribution is -2.37. The molecule has 2 aliphatic rings. The molecule has 0 aliphatic carbocycles. The van der Waals surface area contributed by atoms with Gasteiger partial charge in [0.2, 0.25) is 0 Å². The van der Waals surface area contributed by atoms with Gasteiger partial charge in [0.1, 0.15) is 0 Å². The number of rotatable bonds is 2. The minimum atomic E-state index is 0.0955. The monoisotopic (exact) mass is 247 g/mol. The zero-order valence-electron chi connectivity index (χ0n) is 10.9. The molecule has 1 N–H and O–H groups in total. The minimum absolute atomic E-state index is 0.0955. The lowest BCUT2D eigenvalue weighted by atomic mass is 10.1. The Bertz CT molecular complexity index is 423. The number of pyridine rings is 1. The smallest absolute Gasteiger partial charge is 0.0703 e. The number of fused-ring (bicyclic) bond motifs is 2. The van der Waals surface area contributed by atoms with Crippen LogP contribution in [0.3, 0.4) is 0 Å². The van der Waals surface area contributed by atoms with Crippen LogP contribution in [-0.4, -0.2) is 47.2 Å². The summed E-state index contributed by atoms with van der Waals surface area (Å²) in [6.45, 7) is 2.23. The van der Waals surface area contributed by atoms with Gasteiger partial charge in [-0.1, -0.05) is 0 Å². The van der Waals surface area contributed by atoms with E-state index in [2.05, 4.69) is 21.8 Å². The molecule has 0 radical (unpaired) electrons. The summed E-state index contributed by atoms with van der Waals surface area (Å²) in [4.78, 5) is 9.15. The molecule has 2 saturated heterocycles. The molecule has 2 bridgehead atoms. The summed E-state index contributed by atoms with van der Waals surface area (Å²) in [6.07, 6.45) is 7.50. The molecule has 3 rings (SSSR count). The maximum Gasteiger partial charge on any atom is 0.0703 e. The second-order valence-corrected chi connectivity index (χ2v) is 5.45. The van der Waals surface area contributed by atoms with Gasteiger partial charge >= 0.3 is 0 Å². The third-order valence-corrected chi connectivity index (χ3v) is 4.55. The first kappa shape index (κ1) is 11.9. The van der Waals surface area contributed by atoms with Gasteiger partial charge in [0.05, 0.1) is 18.5 Å². The highest BCUT2D eigenvalue weighted by atomic mass is 16.3. The highest BCUT2D eigenvalue weighted by molar-refractivity contribution is 5.51. The van der Waals surface area contributed by atoms with Crippen LogP contribution in [0.1, 0.15) is 24.8 Å². The van der Waals surface area contributed by atoms with Crippen LogP contribution in [0.25, 0.3) is 0 Å². The molecule has 4 nitrogen and oxygen atoms in total. The molecule has 98 valence electrons. The van der Waals surface area contributed by atoms with E-state index in [4.69, 9.17) is 0 Å². The number of hydrogen-bond donors (Lipinski definition) is 1. The molecule has 0 aromatic carbocycles. The molecule has 3 heterocycles. The van der Waals surface area contributed by atoms with Crippen molar-refractivity contribution in [2.75, 3.05) is 25.0 Å². The molecule has 2 aliphatic heterocycles. The van der Waals surface area contributed by atoms with Crippen molar-refractivity contribution < 1.29 is 5.11 Å². The standard InChI is InChI=1S/C14H21N3O/c1-16-12-2-3-13(16)9-17(7-5-12)14-8-15-6-4-11(14)10-18/h4,6,8,12-13,18H,2-3,5,7,9-10H2,1H3. The Morgan fingerprint density at radius 2 is 2.17 bits per heavy atom. The summed E-state index contributed by atoms with van der Waals surface area (Å²) in [6, 6.07) is 3.32. The molecule has 2 unspecified atom stereocenters. The van der Waals surface area contributed by atoms with E-state index in [1.54, 1.807) is 6.20 Å². The van der Waals surface area contributed by atoms with Crippen LogP contribution in [0.2, 0.25) is 0 Å². The highest BCUT2D eigenvalue weighted by Crippen LogP contribution is 2.31.